The second-order valence-electron chi connectivity index (χ2n) is 8.71. The lowest BCUT2D eigenvalue weighted by molar-refractivity contribution is -0.139. The Kier molecular flexibility index (Phi) is 8.29. The number of nitrogens with zero attached hydrogens (tertiary/aromatic N) is 4. The van der Waals surface area contributed by atoms with Crippen LogP contribution in [0.5, 0.6) is 17.4 Å². The molecule has 1 N–H and O–H groups in total. The zero-order chi connectivity index (χ0) is 28.2. The maximum absolute atomic E-state index is 13.3. The highest BCUT2D eigenvalue weighted by molar-refractivity contribution is 5.95. The summed E-state index contributed by atoms with van der Waals surface area (Å²) in [6.45, 7) is 2.83. The van der Waals surface area contributed by atoms with E-state index < -0.39 is 29.6 Å². The number of hydrogen-bond acceptors (Lipinski definition) is 7. The molecule has 13 heteroatoms. The minimum Gasteiger partial charge on any atom is -0.481 e. The predicted molar refractivity (Wildman–Crippen MR) is 132 cm³/mol. The topological polar surface area (TPSA) is 96.9 Å². The van der Waals surface area contributed by atoms with Gasteiger partial charge >= 0.3 is 6.18 Å². The van der Waals surface area contributed by atoms with Gasteiger partial charge in [0, 0.05) is 32.4 Å². The Balaban J connectivity index is 1.30. The van der Waals surface area contributed by atoms with Crippen LogP contribution in [0.1, 0.15) is 22.8 Å². The smallest absolute Gasteiger partial charge is 0.421 e. The number of rotatable bonds is 7. The van der Waals surface area contributed by atoms with E-state index in [0.29, 0.717) is 30.4 Å². The number of pyridine rings is 2. The van der Waals surface area contributed by atoms with E-state index in [0.717, 1.165) is 19.4 Å². The van der Waals surface area contributed by atoms with Gasteiger partial charge in [0.05, 0.1) is 24.9 Å². The number of piperazine rings is 1. The summed E-state index contributed by atoms with van der Waals surface area (Å²) < 4.78 is 63.2. The SMILES string of the molecule is COc1ncc(C(=O)N2CCN(C(C)C(=O)Nc3ccc(Oc4ccc(F)cc4)cn3)CC2)cc1C(F)(F)F. The molecule has 1 aliphatic heterocycles. The average Bonchev–Trinajstić information content (AvgIpc) is 2.93. The van der Waals surface area contributed by atoms with Crippen molar-refractivity contribution in [1.82, 2.24) is 19.8 Å². The van der Waals surface area contributed by atoms with Crippen molar-refractivity contribution in [2.75, 3.05) is 38.6 Å². The van der Waals surface area contributed by atoms with Crippen molar-refractivity contribution in [2.24, 2.45) is 0 Å². The summed E-state index contributed by atoms with van der Waals surface area (Å²) in [5, 5.41) is 2.72. The summed E-state index contributed by atoms with van der Waals surface area (Å²) in [6.07, 6.45) is -2.24. The van der Waals surface area contributed by atoms with E-state index in [2.05, 4.69) is 20.0 Å². The van der Waals surface area contributed by atoms with Crippen LogP contribution in [0.4, 0.5) is 23.4 Å². The maximum Gasteiger partial charge on any atom is 0.421 e. The molecule has 3 aromatic rings. The van der Waals surface area contributed by atoms with Crippen LogP contribution in [-0.4, -0.2) is 70.9 Å². The molecule has 1 aliphatic rings. The first-order valence-electron chi connectivity index (χ1n) is 11.9. The van der Waals surface area contributed by atoms with Gasteiger partial charge < -0.3 is 19.7 Å². The van der Waals surface area contributed by atoms with Gasteiger partial charge in [-0.05, 0) is 49.4 Å². The van der Waals surface area contributed by atoms with Crippen LogP contribution in [0, 0.1) is 5.82 Å². The Hall–Kier alpha value is -4.26. The quantitative estimate of drug-likeness (QED) is 0.443. The third kappa shape index (κ3) is 6.79. The van der Waals surface area contributed by atoms with Gasteiger partial charge in [0.2, 0.25) is 11.8 Å². The molecule has 1 fully saturated rings. The first-order valence-corrected chi connectivity index (χ1v) is 11.9. The molecule has 0 aliphatic carbocycles. The fraction of sp³-hybridized carbons (Fsp3) is 0.308. The van der Waals surface area contributed by atoms with Gasteiger partial charge in [0.15, 0.2) is 0 Å². The van der Waals surface area contributed by atoms with Crippen molar-refractivity contribution in [1.29, 1.82) is 0 Å². The Morgan fingerprint density at radius 2 is 1.64 bits per heavy atom. The number of benzene rings is 1. The van der Waals surface area contributed by atoms with Crippen LogP contribution in [0.25, 0.3) is 0 Å². The number of nitrogens with one attached hydrogen (secondary N) is 1. The molecule has 4 rings (SSSR count). The van der Waals surface area contributed by atoms with E-state index in [4.69, 9.17) is 4.74 Å². The molecule has 2 aromatic heterocycles. The number of methoxy groups -OCH3 is 1. The Bertz CT molecular complexity index is 1310. The van der Waals surface area contributed by atoms with Crippen LogP contribution in [0.15, 0.2) is 54.9 Å². The van der Waals surface area contributed by atoms with Gasteiger partial charge in [-0.1, -0.05) is 0 Å². The molecule has 3 heterocycles. The van der Waals surface area contributed by atoms with Crippen molar-refractivity contribution >= 4 is 17.6 Å². The molecule has 9 nitrogen and oxygen atoms in total. The second kappa shape index (κ2) is 11.6. The molecule has 2 amide bonds. The fourth-order valence-corrected chi connectivity index (χ4v) is 3.98. The van der Waals surface area contributed by atoms with Crippen LogP contribution in [0.3, 0.4) is 0 Å². The molecular weight excluding hydrogens is 522 g/mol. The van der Waals surface area contributed by atoms with Gasteiger partial charge in [0.25, 0.3) is 5.91 Å². The number of halogens is 4. The highest BCUT2D eigenvalue weighted by Gasteiger charge is 2.37. The van der Waals surface area contributed by atoms with E-state index in [1.807, 2.05) is 4.90 Å². The van der Waals surface area contributed by atoms with Crippen LogP contribution < -0.4 is 14.8 Å². The number of anilines is 1. The summed E-state index contributed by atoms with van der Waals surface area (Å²) in [5.41, 5.74) is -1.32. The molecule has 39 heavy (non-hydrogen) atoms. The van der Waals surface area contributed by atoms with E-state index in [9.17, 15) is 27.2 Å². The highest BCUT2D eigenvalue weighted by Crippen LogP contribution is 2.35. The monoisotopic (exact) mass is 547 g/mol. The number of carbonyl (C=O) groups excluding carboxylic acids is 2. The normalized spacial score (nSPS) is 15.0. The average molecular weight is 548 g/mol. The fourth-order valence-electron chi connectivity index (χ4n) is 3.98. The highest BCUT2D eigenvalue weighted by atomic mass is 19.4. The molecule has 0 saturated carbocycles. The standard InChI is InChI=1S/C26H25F4N5O4/c1-16(23(36)33-22-8-7-20(15-31-22)39-19-5-3-18(27)4-6-19)34-9-11-35(12-10-34)25(37)17-13-21(26(28,29)30)24(38-2)32-14-17/h3-8,13-16H,9-12H2,1-2H3,(H,31,33,36). The van der Waals surface area contributed by atoms with E-state index >= 15 is 0 Å². The summed E-state index contributed by atoms with van der Waals surface area (Å²) in [7, 11) is 1.07. The van der Waals surface area contributed by atoms with E-state index in [1.165, 1.54) is 35.4 Å². The number of alkyl halides is 3. The third-order valence-corrected chi connectivity index (χ3v) is 6.16. The summed E-state index contributed by atoms with van der Waals surface area (Å²) in [6, 6.07) is 8.86. The van der Waals surface area contributed by atoms with Gasteiger partial charge in [-0.2, -0.15) is 13.2 Å². The van der Waals surface area contributed by atoms with Crippen LogP contribution >= 0.6 is 0 Å². The molecule has 0 bridgehead atoms. The first kappa shape index (κ1) is 27.8. The molecule has 206 valence electrons. The number of hydrogen-bond donors (Lipinski definition) is 1. The van der Waals surface area contributed by atoms with Crippen LogP contribution in [0.2, 0.25) is 0 Å². The molecule has 1 aromatic carbocycles. The van der Waals surface area contributed by atoms with Crippen molar-refractivity contribution < 1.29 is 36.6 Å². The zero-order valence-corrected chi connectivity index (χ0v) is 21.0. The molecular formula is C26H25F4N5O4. The zero-order valence-electron chi connectivity index (χ0n) is 21.0. The van der Waals surface area contributed by atoms with Gasteiger partial charge in [-0.15, -0.1) is 0 Å². The minimum absolute atomic E-state index is 0.194. The largest absolute Gasteiger partial charge is 0.481 e. The number of aromatic nitrogens is 2. The molecule has 0 spiro atoms. The van der Waals surface area contributed by atoms with Gasteiger partial charge in [-0.25, -0.2) is 14.4 Å². The molecule has 1 unspecified atom stereocenters. The number of ether oxygens (including phenoxy) is 2. The number of carbonyl (C=O) groups is 2. The Morgan fingerprint density at radius 1 is 0.974 bits per heavy atom. The summed E-state index contributed by atoms with van der Waals surface area (Å²) in [4.78, 5) is 36.7. The van der Waals surface area contributed by atoms with Crippen LogP contribution in [-0.2, 0) is 11.0 Å². The third-order valence-electron chi connectivity index (χ3n) is 6.16. The maximum atomic E-state index is 13.3. The molecule has 1 saturated heterocycles. The minimum atomic E-state index is -4.72. The lowest BCUT2D eigenvalue weighted by Crippen LogP contribution is -2.54. The second-order valence-corrected chi connectivity index (χ2v) is 8.71. The summed E-state index contributed by atoms with van der Waals surface area (Å²) in [5.74, 6) is -0.737. The first-order chi connectivity index (χ1) is 18.5. The molecule has 0 radical (unpaired) electrons. The lowest BCUT2D eigenvalue weighted by atomic mass is 10.1. The van der Waals surface area contributed by atoms with Gasteiger partial charge in [0.1, 0.15) is 28.7 Å². The predicted octanol–water partition coefficient (Wildman–Crippen LogP) is 4.22. The Morgan fingerprint density at radius 3 is 2.23 bits per heavy atom. The number of amides is 2. The summed E-state index contributed by atoms with van der Waals surface area (Å²) >= 11 is 0. The van der Waals surface area contributed by atoms with Gasteiger partial charge in [-0.3, -0.25) is 14.5 Å². The van der Waals surface area contributed by atoms with Crippen molar-refractivity contribution in [2.45, 2.75) is 19.1 Å². The van der Waals surface area contributed by atoms with E-state index in [1.54, 1.807) is 19.1 Å². The van der Waals surface area contributed by atoms with Crippen molar-refractivity contribution in [3.63, 3.8) is 0 Å². The van der Waals surface area contributed by atoms with E-state index in [-0.39, 0.29) is 30.4 Å². The molecule has 1 atom stereocenters. The lowest BCUT2D eigenvalue weighted by Gasteiger charge is -2.37. The van der Waals surface area contributed by atoms with Crippen molar-refractivity contribution in [3.05, 3.63) is 71.8 Å². The Labute approximate surface area is 221 Å². The van der Waals surface area contributed by atoms with Crippen molar-refractivity contribution in [3.8, 4) is 17.4 Å².